The zero-order valence-electron chi connectivity index (χ0n) is 8.61. The highest BCUT2D eigenvalue weighted by molar-refractivity contribution is 7.80. The zero-order chi connectivity index (χ0) is 10.4. The molecule has 14 heavy (non-hydrogen) atoms. The van der Waals surface area contributed by atoms with Gasteiger partial charge in [-0.1, -0.05) is 12.2 Å². The van der Waals surface area contributed by atoms with Crippen LogP contribution in [0, 0.1) is 0 Å². The van der Waals surface area contributed by atoms with Crippen LogP contribution in [0.25, 0.3) is 0 Å². The third-order valence-corrected chi connectivity index (χ3v) is 3.07. The van der Waals surface area contributed by atoms with E-state index in [0.29, 0.717) is 17.6 Å². The molecule has 0 aromatic rings. The second kappa shape index (κ2) is 6.32. The van der Waals surface area contributed by atoms with Crippen molar-refractivity contribution in [2.24, 2.45) is 5.73 Å². The first-order valence-corrected chi connectivity index (χ1v) is 5.80. The quantitative estimate of drug-likeness (QED) is 0.511. The molecule has 0 aromatic carbocycles. The van der Waals surface area contributed by atoms with Gasteiger partial charge in [-0.25, -0.2) is 0 Å². The first-order valence-electron chi connectivity index (χ1n) is 5.40. The lowest BCUT2D eigenvalue weighted by molar-refractivity contribution is 0.265. The summed E-state index contributed by atoms with van der Waals surface area (Å²) in [6.07, 6.45) is 5.47. The molecule has 1 heterocycles. The van der Waals surface area contributed by atoms with Crippen LogP contribution >= 0.6 is 12.2 Å². The number of aliphatic hydroxyl groups is 1. The second-order valence-corrected chi connectivity index (χ2v) is 4.35. The van der Waals surface area contributed by atoms with E-state index in [1.54, 1.807) is 0 Å². The number of aliphatic hydroxyl groups excluding tert-OH is 1. The van der Waals surface area contributed by atoms with E-state index in [4.69, 9.17) is 23.1 Å². The first kappa shape index (κ1) is 11.9. The van der Waals surface area contributed by atoms with Crippen molar-refractivity contribution < 1.29 is 5.11 Å². The van der Waals surface area contributed by atoms with Gasteiger partial charge in [0.05, 0.1) is 11.0 Å². The summed E-state index contributed by atoms with van der Waals surface area (Å²) in [6.45, 7) is 2.50. The van der Waals surface area contributed by atoms with Crippen molar-refractivity contribution >= 4 is 17.2 Å². The Hall–Kier alpha value is -0.190. The molecule has 0 radical (unpaired) electrons. The largest absolute Gasteiger partial charge is 0.396 e. The Morgan fingerprint density at radius 2 is 2.21 bits per heavy atom. The fraction of sp³-hybridized carbons (Fsp3) is 0.900. The van der Waals surface area contributed by atoms with Crippen LogP contribution in [0.4, 0.5) is 0 Å². The SMILES string of the molecule is NC(=S)C1CCCN1CCCCCO. The Kier molecular flexibility index (Phi) is 5.37. The minimum absolute atomic E-state index is 0.304. The smallest absolute Gasteiger partial charge is 0.0902 e. The number of rotatable bonds is 6. The van der Waals surface area contributed by atoms with Crippen LogP contribution in [0.1, 0.15) is 32.1 Å². The van der Waals surface area contributed by atoms with Crippen molar-refractivity contribution in [1.29, 1.82) is 0 Å². The van der Waals surface area contributed by atoms with Crippen LogP contribution in [0.2, 0.25) is 0 Å². The van der Waals surface area contributed by atoms with Gasteiger partial charge in [-0.2, -0.15) is 0 Å². The van der Waals surface area contributed by atoms with E-state index in [1.807, 2.05) is 0 Å². The standard InChI is InChI=1S/C10H20N2OS/c11-10(14)9-5-4-7-12(9)6-2-1-3-8-13/h9,13H,1-8H2,(H2,11,14). The molecule has 1 rings (SSSR count). The number of hydrogen-bond acceptors (Lipinski definition) is 3. The molecule has 0 bridgehead atoms. The molecule has 0 aromatic heterocycles. The topological polar surface area (TPSA) is 49.5 Å². The van der Waals surface area contributed by atoms with E-state index >= 15 is 0 Å². The number of likely N-dealkylation sites (tertiary alicyclic amines) is 1. The van der Waals surface area contributed by atoms with Gasteiger partial charge in [0, 0.05) is 6.61 Å². The minimum Gasteiger partial charge on any atom is -0.396 e. The molecule has 82 valence electrons. The summed E-state index contributed by atoms with van der Waals surface area (Å²) in [4.78, 5) is 3.02. The van der Waals surface area contributed by atoms with Gasteiger partial charge in [0.2, 0.25) is 0 Å². The molecule has 0 saturated carbocycles. The molecule has 1 unspecified atom stereocenters. The summed E-state index contributed by atoms with van der Waals surface area (Å²) in [7, 11) is 0. The molecule has 1 aliphatic heterocycles. The van der Waals surface area contributed by atoms with Crippen molar-refractivity contribution in [3.63, 3.8) is 0 Å². The summed E-state index contributed by atoms with van der Waals surface area (Å²) in [5, 5.41) is 8.64. The summed E-state index contributed by atoms with van der Waals surface area (Å²) < 4.78 is 0. The molecule has 4 heteroatoms. The van der Waals surface area contributed by atoms with Gasteiger partial charge >= 0.3 is 0 Å². The van der Waals surface area contributed by atoms with E-state index in [1.165, 1.54) is 6.42 Å². The summed E-state index contributed by atoms with van der Waals surface area (Å²) in [6, 6.07) is 0.333. The monoisotopic (exact) mass is 216 g/mol. The van der Waals surface area contributed by atoms with Gasteiger partial charge < -0.3 is 10.8 Å². The molecule has 0 spiro atoms. The number of nitrogens with zero attached hydrogens (tertiary/aromatic N) is 1. The van der Waals surface area contributed by atoms with Crippen molar-refractivity contribution in [3.8, 4) is 0 Å². The molecule has 1 fully saturated rings. The average Bonchev–Trinajstić information content (AvgIpc) is 2.60. The van der Waals surface area contributed by atoms with Gasteiger partial charge in [-0.3, -0.25) is 4.90 Å². The maximum atomic E-state index is 8.64. The Morgan fingerprint density at radius 3 is 2.86 bits per heavy atom. The predicted octanol–water partition coefficient (Wildman–Crippen LogP) is 0.899. The highest BCUT2D eigenvalue weighted by Crippen LogP contribution is 2.17. The zero-order valence-corrected chi connectivity index (χ0v) is 9.43. The highest BCUT2D eigenvalue weighted by Gasteiger charge is 2.25. The molecule has 3 nitrogen and oxygen atoms in total. The van der Waals surface area contributed by atoms with Crippen LogP contribution in [0.5, 0.6) is 0 Å². The molecular formula is C10H20N2OS. The average molecular weight is 216 g/mol. The van der Waals surface area contributed by atoms with Crippen LogP contribution in [0.3, 0.4) is 0 Å². The maximum absolute atomic E-state index is 8.64. The predicted molar refractivity (Wildman–Crippen MR) is 62.3 cm³/mol. The fourth-order valence-electron chi connectivity index (χ4n) is 2.02. The summed E-state index contributed by atoms with van der Waals surface area (Å²) in [5.41, 5.74) is 5.67. The summed E-state index contributed by atoms with van der Waals surface area (Å²) in [5.74, 6) is 0. The maximum Gasteiger partial charge on any atom is 0.0902 e. The lowest BCUT2D eigenvalue weighted by Crippen LogP contribution is -2.39. The van der Waals surface area contributed by atoms with Crippen LogP contribution in [-0.2, 0) is 0 Å². The van der Waals surface area contributed by atoms with E-state index in [-0.39, 0.29) is 0 Å². The number of thiocarbonyl (C=S) groups is 1. The van der Waals surface area contributed by atoms with Crippen molar-refractivity contribution in [2.75, 3.05) is 19.7 Å². The van der Waals surface area contributed by atoms with Crippen molar-refractivity contribution in [3.05, 3.63) is 0 Å². The Bertz CT molecular complexity index is 187. The van der Waals surface area contributed by atoms with Gasteiger partial charge in [0.25, 0.3) is 0 Å². The van der Waals surface area contributed by atoms with E-state index in [0.717, 1.165) is 38.8 Å². The molecule has 1 atom stereocenters. The van der Waals surface area contributed by atoms with Gasteiger partial charge in [0.15, 0.2) is 0 Å². The fourth-order valence-corrected chi connectivity index (χ4v) is 2.29. The van der Waals surface area contributed by atoms with Crippen LogP contribution < -0.4 is 5.73 Å². The van der Waals surface area contributed by atoms with Gasteiger partial charge in [0.1, 0.15) is 0 Å². The first-order chi connectivity index (χ1) is 6.75. The second-order valence-electron chi connectivity index (χ2n) is 3.88. The molecule has 0 amide bonds. The molecule has 1 aliphatic rings. The Morgan fingerprint density at radius 1 is 1.43 bits per heavy atom. The third kappa shape index (κ3) is 3.52. The van der Waals surface area contributed by atoms with Gasteiger partial charge in [-0.05, 0) is 45.2 Å². The summed E-state index contributed by atoms with van der Waals surface area (Å²) >= 11 is 5.03. The van der Waals surface area contributed by atoms with Crippen molar-refractivity contribution in [1.82, 2.24) is 4.90 Å². The van der Waals surface area contributed by atoms with Crippen LogP contribution in [-0.4, -0.2) is 40.7 Å². The van der Waals surface area contributed by atoms with E-state index < -0.39 is 0 Å². The Labute approximate surface area is 91.3 Å². The van der Waals surface area contributed by atoms with E-state index in [9.17, 15) is 0 Å². The van der Waals surface area contributed by atoms with Crippen LogP contribution in [0.15, 0.2) is 0 Å². The molecule has 3 N–H and O–H groups in total. The lowest BCUT2D eigenvalue weighted by Gasteiger charge is -2.23. The number of nitrogens with two attached hydrogens (primary N) is 1. The normalized spacial score (nSPS) is 22.8. The highest BCUT2D eigenvalue weighted by atomic mass is 32.1. The third-order valence-electron chi connectivity index (χ3n) is 2.80. The molecule has 1 saturated heterocycles. The Balaban J connectivity index is 2.19. The van der Waals surface area contributed by atoms with Gasteiger partial charge in [-0.15, -0.1) is 0 Å². The molecule has 0 aliphatic carbocycles. The molecular weight excluding hydrogens is 196 g/mol. The van der Waals surface area contributed by atoms with E-state index in [2.05, 4.69) is 4.90 Å². The number of hydrogen-bond donors (Lipinski definition) is 2. The van der Waals surface area contributed by atoms with Crippen molar-refractivity contribution in [2.45, 2.75) is 38.1 Å². The minimum atomic E-state index is 0.304. The number of unbranched alkanes of at least 4 members (excludes halogenated alkanes) is 2. The lowest BCUT2D eigenvalue weighted by atomic mass is 10.2.